The highest BCUT2D eigenvalue weighted by Gasteiger charge is 2.14. The second kappa shape index (κ2) is 6.62. The number of aromatic nitrogens is 1. The Morgan fingerprint density at radius 3 is 2.56 bits per heavy atom. The summed E-state index contributed by atoms with van der Waals surface area (Å²) in [6.45, 7) is 0. The van der Waals surface area contributed by atoms with Gasteiger partial charge in [0, 0.05) is 33.6 Å². The van der Waals surface area contributed by atoms with Crippen LogP contribution in [0.2, 0.25) is 5.02 Å². The molecule has 3 aromatic rings. The first-order valence-electron chi connectivity index (χ1n) is 7.07. The first-order valence-corrected chi connectivity index (χ1v) is 7.45. The second-order valence-electron chi connectivity index (χ2n) is 5.13. The maximum atomic E-state index is 12.1. The van der Waals surface area contributed by atoms with Gasteiger partial charge in [0.1, 0.15) is 5.69 Å². The number of carbonyl (C=O) groups excluding carboxylic acids is 2. The quantitative estimate of drug-likeness (QED) is 0.493. The van der Waals surface area contributed by atoms with Crippen LogP contribution in [0.5, 0.6) is 0 Å². The van der Waals surface area contributed by atoms with Gasteiger partial charge in [-0.2, -0.15) is 0 Å². The van der Waals surface area contributed by atoms with E-state index in [1.54, 1.807) is 24.3 Å². The van der Waals surface area contributed by atoms with E-state index in [0.717, 1.165) is 17.0 Å². The summed E-state index contributed by atoms with van der Waals surface area (Å²) in [7, 11) is 0. The van der Waals surface area contributed by atoms with Crippen LogP contribution in [0.15, 0.2) is 48.5 Å². The second-order valence-corrected chi connectivity index (χ2v) is 5.57. The minimum Gasteiger partial charge on any atom is -0.350 e. The number of non-ortho nitro benzene ring substituents is 1. The third-order valence-electron chi connectivity index (χ3n) is 3.44. The molecule has 0 spiro atoms. The molecule has 0 aliphatic carbocycles. The van der Waals surface area contributed by atoms with E-state index < -0.39 is 16.7 Å². The highest BCUT2D eigenvalue weighted by molar-refractivity contribution is 6.31. The molecular formula is C16H11ClN4O4. The molecule has 3 N–H and O–H groups in total. The molecule has 0 unspecified atom stereocenters. The third-order valence-corrected chi connectivity index (χ3v) is 3.67. The lowest BCUT2D eigenvalue weighted by Gasteiger charge is -2.06. The van der Waals surface area contributed by atoms with Gasteiger partial charge in [-0.25, -0.2) is 0 Å². The molecule has 1 aromatic heterocycles. The summed E-state index contributed by atoms with van der Waals surface area (Å²) >= 11 is 5.89. The van der Waals surface area contributed by atoms with Crippen molar-refractivity contribution in [3.05, 3.63) is 74.9 Å². The molecule has 0 aliphatic heterocycles. The van der Waals surface area contributed by atoms with Crippen LogP contribution >= 0.6 is 11.6 Å². The number of nitrogens with zero attached hydrogens (tertiary/aromatic N) is 1. The van der Waals surface area contributed by atoms with Gasteiger partial charge in [-0.1, -0.05) is 17.7 Å². The molecule has 0 bridgehead atoms. The Kier molecular flexibility index (Phi) is 4.36. The van der Waals surface area contributed by atoms with Crippen LogP contribution in [-0.2, 0) is 0 Å². The van der Waals surface area contributed by atoms with Crippen molar-refractivity contribution in [1.29, 1.82) is 0 Å². The average Bonchev–Trinajstić information content (AvgIpc) is 3.02. The number of hydrogen-bond acceptors (Lipinski definition) is 4. The molecule has 3 rings (SSSR count). The maximum Gasteiger partial charge on any atom is 0.286 e. The fraction of sp³-hybridized carbons (Fsp3) is 0. The van der Waals surface area contributed by atoms with Crippen molar-refractivity contribution in [2.75, 3.05) is 0 Å². The van der Waals surface area contributed by atoms with Crippen LogP contribution in [0.3, 0.4) is 0 Å². The number of nitro groups is 1. The first kappa shape index (κ1) is 16.5. The molecule has 1 heterocycles. The van der Waals surface area contributed by atoms with E-state index in [1.165, 1.54) is 18.2 Å². The molecule has 0 radical (unpaired) electrons. The predicted molar refractivity (Wildman–Crippen MR) is 91.3 cm³/mol. The minimum absolute atomic E-state index is 0.0536. The van der Waals surface area contributed by atoms with Crippen molar-refractivity contribution in [1.82, 2.24) is 15.8 Å². The Hall–Kier alpha value is -3.39. The number of amides is 2. The van der Waals surface area contributed by atoms with Crippen LogP contribution in [0.1, 0.15) is 20.8 Å². The highest BCUT2D eigenvalue weighted by atomic mass is 35.5. The van der Waals surface area contributed by atoms with E-state index in [-0.39, 0.29) is 16.9 Å². The van der Waals surface area contributed by atoms with E-state index in [4.69, 9.17) is 11.6 Å². The standard InChI is InChI=1S/C16H11ClN4O4/c17-11-4-5-13-10(6-11)8-14(18-13)16(23)20-19-15(22)9-2-1-3-12(7-9)21(24)25/h1-8,18H,(H,19,22)(H,20,23). The maximum absolute atomic E-state index is 12.1. The number of aromatic amines is 1. The first-order chi connectivity index (χ1) is 11.9. The normalized spacial score (nSPS) is 10.4. The number of carbonyl (C=O) groups is 2. The average molecular weight is 359 g/mol. The lowest BCUT2D eigenvalue weighted by Crippen LogP contribution is -2.41. The highest BCUT2D eigenvalue weighted by Crippen LogP contribution is 2.20. The molecule has 2 aromatic carbocycles. The zero-order valence-corrected chi connectivity index (χ0v) is 13.3. The molecule has 25 heavy (non-hydrogen) atoms. The van der Waals surface area contributed by atoms with Crippen LogP contribution in [0.4, 0.5) is 5.69 Å². The SMILES string of the molecule is O=C(NNC(=O)c1cc2cc(Cl)ccc2[nH]1)c1cccc([N+](=O)[O-])c1. The zero-order chi connectivity index (χ0) is 18.0. The Bertz CT molecular complexity index is 999. The number of fused-ring (bicyclic) bond motifs is 1. The van der Waals surface area contributed by atoms with E-state index in [2.05, 4.69) is 15.8 Å². The number of H-pyrrole nitrogens is 1. The van der Waals surface area contributed by atoms with E-state index in [9.17, 15) is 19.7 Å². The minimum atomic E-state index is -0.670. The number of rotatable bonds is 3. The Balaban J connectivity index is 1.69. The fourth-order valence-corrected chi connectivity index (χ4v) is 2.42. The third kappa shape index (κ3) is 3.59. The van der Waals surface area contributed by atoms with Gasteiger partial charge in [0.25, 0.3) is 17.5 Å². The summed E-state index contributed by atoms with van der Waals surface area (Å²) < 4.78 is 0. The monoisotopic (exact) mass is 358 g/mol. The predicted octanol–water partition coefficient (Wildman–Crippen LogP) is 2.80. The summed E-state index contributed by atoms with van der Waals surface area (Å²) in [6, 6.07) is 11.9. The smallest absolute Gasteiger partial charge is 0.286 e. The zero-order valence-electron chi connectivity index (χ0n) is 12.6. The molecule has 0 saturated heterocycles. The summed E-state index contributed by atoms with van der Waals surface area (Å²) in [4.78, 5) is 37.1. The van der Waals surface area contributed by atoms with Gasteiger partial charge < -0.3 is 4.98 Å². The molecule has 9 heteroatoms. The number of hydrazine groups is 1. The molecule has 0 saturated carbocycles. The molecule has 126 valence electrons. The molecule has 0 atom stereocenters. The van der Waals surface area contributed by atoms with Gasteiger partial charge >= 0.3 is 0 Å². The summed E-state index contributed by atoms with van der Waals surface area (Å²) in [5, 5.41) is 12.0. The van der Waals surface area contributed by atoms with Gasteiger partial charge in [0.05, 0.1) is 4.92 Å². The molecule has 0 aliphatic rings. The van der Waals surface area contributed by atoms with Crippen LogP contribution in [0.25, 0.3) is 10.9 Å². The number of nitrogens with one attached hydrogen (secondary N) is 3. The summed E-state index contributed by atoms with van der Waals surface area (Å²) in [5.41, 5.74) is 5.25. The van der Waals surface area contributed by atoms with Gasteiger partial charge in [-0.3, -0.25) is 30.6 Å². The van der Waals surface area contributed by atoms with Gasteiger partial charge in [-0.15, -0.1) is 0 Å². The molecular weight excluding hydrogens is 348 g/mol. The van der Waals surface area contributed by atoms with E-state index >= 15 is 0 Å². The Morgan fingerprint density at radius 1 is 1.04 bits per heavy atom. The van der Waals surface area contributed by atoms with Crippen molar-refractivity contribution in [3.63, 3.8) is 0 Å². The number of nitro benzene ring substituents is 1. The number of hydrogen-bond donors (Lipinski definition) is 3. The summed E-state index contributed by atoms with van der Waals surface area (Å²) in [6.07, 6.45) is 0. The van der Waals surface area contributed by atoms with Gasteiger partial charge in [0.2, 0.25) is 0 Å². The largest absolute Gasteiger partial charge is 0.350 e. The summed E-state index contributed by atoms with van der Waals surface area (Å²) in [5.74, 6) is -1.23. The molecule has 0 fully saturated rings. The topological polar surface area (TPSA) is 117 Å². The lowest BCUT2D eigenvalue weighted by molar-refractivity contribution is -0.384. The van der Waals surface area contributed by atoms with Crippen molar-refractivity contribution in [3.8, 4) is 0 Å². The van der Waals surface area contributed by atoms with Gasteiger partial charge in [0.15, 0.2) is 0 Å². The van der Waals surface area contributed by atoms with Crippen molar-refractivity contribution in [2.24, 2.45) is 0 Å². The van der Waals surface area contributed by atoms with E-state index in [0.29, 0.717) is 5.02 Å². The number of benzene rings is 2. The Labute approximate surface area is 145 Å². The fourth-order valence-electron chi connectivity index (χ4n) is 2.24. The Morgan fingerprint density at radius 2 is 1.80 bits per heavy atom. The molecule has 8 nitrogen and oxygen atoms in total. The van der Waals surface area contributed by atoms with Crippen LogP contribution in [0, 0.1) is 10.1 Å². The van der Waals surface area contributed by atoms with Crippen molar-refractivity contribution < 1.29 is 14.5 Å². The van der Waals surface area contributed by atoms with Crippen molar-refractivity contribution >= 4 is 40.0 Å². The van der Waals surface area contributed by atoms with Crippen LogP contribution in [-0.4, -0.2) is 21.7 Å². The molecule has 2 amide bonds. The number of halogens is 1. The lowest BCUT2D eigenvalue weighted by atomic mass is 10.2. The van der Waals surface area contributed by atoms with Crippen molar-refractivity contribution in [2.45, 2.75) is 0 Å². The van der Waals surface area contributed by atoms with Gasteiger partial charge in [-0.05, 0) is 30.3 Å². The van der Waals surface area contributed by atoms with E-state index in [1.807, 2.05) is 0 Å². The van der Waals surface area contributed by atoms with Crippen LogP contribution < -0.4 is 10.9 Å².